The summed E-state index contributed by atoms with van der Waals surface area (Å²) in [5.74, 6) is 0.694. The Morgan fingerprint density at radius 3 is 3.09 bits per heavy atom. The van der Waals surface area contributed by atoms with E-state index in [0.29, 0.717) is 12.0 Å². The maximum Gasteiger partial charge on any atom is 0.122 e. The molecular formula is C16H22N4OS. The lowest BCUT2D eigenvalue weighted by Gasteiger charge is -2.33. The molecule has 3 atom stereocenters. The van der Waals surface area contributed by atoms with Gasteiger partial charge >= 0.3 is 0 Å². The molecule has 2 aliphatic rings. The molecule has 0 amide bonds. The third-order valence-electron chi connectivity index (χ3n) is 4.71. The Balaban J connectivity index is 1.39. The highest BCUT2D eigenvalue weighted by Crippen LogP contribution is 2.41. The van der Waals surface area contributed by atoms with Crippen molar-refractivity contribution in [3.8, 4) is 0 Å². The van der Waals surface area contributed by atoms with E-state index in [0.717, 1.165) is 36.8 Å². The van der Waals surface area contributed by atoms with Crippen LogP contribution in [0, 0.1) is 12.8 Å². The van der Waals surface area contributed by atoms with Crippen LogP contribution < -0.4 is 0 Å². The van der Waals surface area contributed by atoms with E-state index < -0.39 is 0 Å². The summed E-state index contributed by atoms with van der Waals surface area (Å²) < 4.78 is 8.19. The highest BCUT2D eigenvalue weighted by Gasteiger charge is 2.40. The zero-order valence-corrected chi connectivity index (χ0v) is 13.9. The van der Waals surface area contributed by atoms with Crippen molar-refractivity contribution in [2.45, 2.75) is 38.5 Å². The number of piperidine rings is 1. The molecule has 0 N–H and O–H groups in total. The average Bonchev–Trinajstić information content (AvgIpc) is 3.18. The first kappa shape index (κ1) is 14.4. The van der Waals surface area contributed by atoms with E-state index in [1.807, 2.05) is 17.9 Å². The smallest absolute Gasteiger partial charge is 0.122 e. The third kappa shape index (κ3) is 2.83. The lowest BCUT2D eigenvalue weighted by atomic mass is 9.92. The van der Waals surface area contributed by atoms with Gasteiger partial charge in [-0.25, -0.2) is 4.98 Å². The topological polar surface area (TPSA) is 43.2 Å². The zero-order chi connectivity index (χ0) is 15.1. The molecule has 2 aromatic heterocycles. The second kappa shape index (κ2) is 5.76. The monoisotopic (exact) mass is 318 g/mol. The Kier molecular flexibility index (Phi) is 3.76. The quantitative estimate of drug-likeness (QED) is 0.872. The summed E-state index contributed by atoms with van der Waals surface area (Å²) >= 11 is 1.74. The van der Waals surface area contributed by atoms with Gasteiger partial charge < -0.3 is 4.74 Å². The molecule has 0 spiro atoms. The summed E-state index contributed by atoms with van der Waals surface area (Å²) in [5, 5.41) is 7.53. The van der Waals surface area contributed by atoms with Crippen molar-refractivity contribution in [1.82, 2.24) is 19.7 Å². The van der Waals surface area contributed by atoms with Crippen LogP contribution in [-0.2, 0) is 18.3 Å². The Morgan fingerprint density at radius 2 is 2.36 bits per heavy atom. The maximum absolute atomic E-state index is 6.32. The molecule has 0 radical (unpaired) electrons. The summed E-state index contributed by atoms with van der Waals surface area (Å²) in [6.07, 6.45) is 7.00. The van der Waals surface area contributed by atoms with Gasteiger partial charge in [0, 0.05) is 43.0 Å². The van der Waals surface area contributed by atoms with Crippen molar-refractivity contribution in [3.63, 3.8) is 0 Å². The first-order chi connectivity index (χ1) is 10.7. The van der Waals surface area contributed by atoms with Crippen molar-refractivity contribution in [1.29, 1.82) is 0 Å². The molecule has 5 nitrogen and oxygen atoms in total. The standard InChI is InChI=1S/C16H22N4OS/c1-11-10-22-16(18-11)14-5-13-3-4-20(9-15(13)21-14)8-12-6-17-19(2)7-12/h6-7,10,13-15H,3-5,8-9H2,1-2H3/t13-,14-,15+/m1/s1. The van der Waals surface area contributed by atoms with Crippen LogP contribution in [0.15, 0.2) is 17.8 Å². The fourth-order valence-corrected chi connectivity index (χ4v) is 4.47. The van der Waals surface area contributed by atoms with Crippen LogP contribution >= 0.6 is 11.3 Å². The van der Waals surface area contributed by atoms with Crippen molar-refractivity contribution >= 4 is 11.3 Å². The fraction of sp³-hybridized carbons (Fsp3) is 0.625. The molecular weight excluding hydrogens is 296 g/mol. The number of ether oxygens (including phenoxy) is 1. The Hall–Kier alpha value is -1.24. The summed E-state index contributed by atoms with van der Waals surface area (Å²) in [6.45, 7) is 5.21. The summed E-state index contributed by atoms with van der Waals surface area (Å²) in [7, 11) is 1.97. The minimum atomic E-state index is 0.215. The molecule has 4 rings (SSSR count). The number of hydrogen-bond acceptors (Lipinski definition) is 5. The summed E-state index contributed by atoms with van der Waals surface area (Å²) in [6, 6.07) is 0. The second-order valence-electron chi connectivity index (χ2n) is 6.53. The number of rotatable bonds is 3. The van der Waals surface area contributed by atoms with Crippen LogP contribution in [0.2, 0.25) is 0 Å². The van der Waals surface area contributed by atoms with Gasteiger partial charge in [-0.15, -0.1) is 11.3 Å². The minimum Gasteiger partial charge on any atom is -0.366 e. The molecule has 4 heterocycles. The number of aryl methyl sites for hydroxylation is 2. The Bertz CT molecular complexity index is 652. The molecule has 2 fully saturated rings. The molecule has 22 heavy (non-hydrogen) atoms. The van der Waals surface area contributed by atoms with E-state index in [9.17, 15) is 0 Å². The number of aromatic nitrogens is 3. The van der Waals surface area contributed by atoms with Crippen LogP contribution in [0.1, 0.15) is 35.2 Å². The van der Waals surface area contributed by atoms with Crippen LogP contribution in [0.4, 0.5) is 0 Å². The van der Waals surface area contributed by atoms with E-state index in [-0.39, 0.29) is 6.10 Å². The largest absolute Gasteiger partial charge is 0.366 e. The first-order valence-corrected chi connectivity index (χ1v) is 8.82. The van der Waals surface area contributed by atoms with Gasteiger partial charge in [0.15, 0.2) is 0 Å². The second-order valence-corrected chi connectivity index (χ2v) is 7.42. The molecule has 118 valence electrons. The molecule has 0 aliphatic carbocycles. The normalized spacial score (nSPS) is 28.9. The zero-order valence-electron chi connectivity index (χ0n) is 13.1. The van der Waals surface area contributed by atoms with Crippen LogP contribution in [0.3, 0.4) is 0 Å². The van der Waals surface area contributed by atoms with Crippen LogP contribution in [0.5, 0.6) is 0 Å². The van der Waals surface area contributed by atoms with Gasteiger partial charge in [-0.1, -0.05) is 0 Å². The van der Waals surface area contributed by atoms with Crippen LogP contribution in [-0.4, -0.2) is 38.9 Å². The Labute approximate surface area is 134 Å². The van der Waals surface area contributed by atoms with Gasteiger partial charge in [0.1, 0.15) is 11.1 Å². The lowest BCUT2D eigenvalue weighted by Crippen LogP contribution is -2.41. The summed E-state index contributed by atoms with van der Waals surface area (Å²) in [4.78, 5) is 7.10. The molecule has 0 unspecified atom stereocenters. The number of likely N-dealkylation sites (tertiary alicyclic amines) is 1. The first-order valence-electron chi connectivity index (χ1n) is 7.95. The van der Waals surface area contributed by atoms with Gasteiger partial charge in [-0.3, -0.25) is 9.58 Å². The highest BCUT2D eigenvalue weighted by atomic mass is 32.1. The van der Waals surface area contributed by atoms with Crippen molar-refractivity contribution in [2.75, 3.05) is 13.1 Å². The van der Waals surface area contributed by atoms with Crippen molar-refractivity contribution in [3.05, 3.63) is 34.0 Å². The minimum absolute atomic E-state index is 0.215. The molecule has 2 saturated heterocycles. The van der Waals surface area contributed by atoms with Crippen molar-refractivity contribution in [2.24, 2.45) is 13.0 Å². The third-order valence-corrected chi connectivity index (χ3v) is 5.77. The van der Waals surface area contributed by atoms with E-state index in [1.54, 1.807) is 11.3 Å². The average molecular weight is 318 g/mol. The lowest BCUT2D eigenvalue weighted by molar-refractivity contribution is -0.00942. The summed E-state index contributed by atoms with van der Waals surface area (Å²) in [5.41, 5.74) is 2.39. The molecule has 6 heteroatoms. The predicted octanol–water partition coefficient (Wildman–Crippen LogP) is 2.54. The molecule has 0 bridgehead atoms. The Morgan fingerprint density at radius 1 is 1.45 bits per heavy atom. The predicted molar refractivity (Wildman–Crippen MR) is 85.7 cm³/mol. The van der Waals surface area contributed by atoms with Gasteiger partial charge in [0.2, 0.25) is 0 Å². The van der Waals surface area contributed by atoms with E-state index in [2.05, 4.69) is 33.5 Å². The van der Waals surface area contributed by atoms with Gasteiger partial charge in [-0.05, 0) is 32.2 Å². The van der Waals surface area contributed by atoms with E-state index >= 15 is 0 Å². The number of fused-ring (bicyclic) bond motifs is 1. The SMILES string of the molecule is Cc1csc([C@H]2C[C@H]3CCN(Cc4cnn(C)c4)C[C@@H]3O2)n1. The molecule has 0 aromatic carbocycles. The number of nitrogens with zero attached hydrogens (tertiary/aromatic N) is 4. The molecule has 2 aromatic rings. The fourth-order valence-electron chi connectivity index (χ4n) is 3.63. The number of hydrogen-bond donors (Lipinski definition) is 0. The van der Waals surface area contributed by atoms with E-state index in [1.165, 1.54) is 12.0 Å². The van der Waals surface area contributed by atoms with Gasteiger partial charge in [-0.2, -0.15) is 5.10 Å². The van der Waals surface area contributed by atoms with Crippen molar-refractivity contribution < 1.29 is 4.74 Å². The highest BCUT2D eigenvalue weighted by molar-refractivity contribution is 7.09. The van der Waals surface area contributed by atoms with Gasteiger partial charge in [0.25, 0.3) is 0 Å². The van der Waals surface area contributed by atoms with Gasteiger partial charge in [0.05, 0.1) is 12.3 Å². The number of thiazole rings is 1. The van der Waals surface area contributed by atoms with E-state index in [4.69, 9.17) is 4.74 Å². The van der Waals surface area contributed by atoms with Crippen LogP contribution in [0.25, 0.3) is 0 Å². The molecule has 0 saturated carbocycles. The maximum atomic E-state index is 6.32. The molecule has 2 aliphatic heterocycles.